The summed E-state index contributed by atoms with van der Waals surface area (Å²) < 4.78 is 9.89. The molecule has 1 heterocycles. The second-order valence-corrected chi connectivity index (χ2v) is 5.13. The monoisotopic (exact) mass is 285 g/mol. The number of ether oxygens (including phenoxy) is 2. The van der Waals surface area contributed by atoms with Crippen molar-refractivity contribution in [2.75, 3.05) is 26.9 Å². The molecule has 0 spiro atoms. The molecule has 0 aromatic rings. The van der Waals surface area contributed by atoms with Crippen LogP contribution in [0.2, 0.25) is 0 Å². The van der Waals surface area contributed by atoms with Gasteiger partial charge in [-0.15, -0.1) is 0 Å². The van der Waals surface area contributed by atoms with Crippen LogP contribution in [0.15, 0.2) is 0 Å². The first-order valence-corrected chi connectivity index (χ1v) is 6.75. The second kappa shape index (κ2) is 6.21. The smallest absolute Gasteiger partial charge is 0.331 e. The molecule has 0 aromatic heterocycles. The van der Waals surface area contributed by atoms with Crippen molar-refractivity contribution in [2.45, 2.75) is 25.3 Å². The fraction of sp³-hybridized carbons (Fsp3) is 0.769. The Morgan fingerprint density at radius 3 is 2.60 bits per heavy atom. The Kier molecular flexibility index (Phi) is 4.59. The van der Waals surface area contributed by atoms with Crippen LogP contribution in [0.1, 0.15) is 19.3 Å². The number of carboxylic acid groups (broad SMARTS) is 1. The first-order valence-electron chi connectivity index (χ1n) is 6.75. The minimum atomic E-state index is -0.941. The zero-order chi connectivity index (χ0) is 14.7. The van der Waals surface area contributed by atoms with E-state index in [0.717, 1.165) is 6.42 Å². The number of hydrogen-bond donors (Lipinski definition) is 1. The molecule has 1 aliphatic heterocycles. The third-order valence-corrected chi connectivity index (χ3v) is 4.04. The molecule has 1 saturated carbocycles. The molecule has 1 aliphatic carbocycles. The molecule has 2 rings (SSSR count). The summed E-state index contributed by atoms with van der Waals surface area (Å²) in [6.07, 6.45) is 1.79. The van der Waals surface area contributed by atoms with Crippen molar-refractivity contribution in [1.82, 2.24) is 4.90 Å². The quantitative estimate of drug-likeness (QED) is 0.727. The van der Waals surface area contributed by atoms with Gasteiger partial charge in [-0.1, -0.05) is 6.42 Å². The van der Waals surface area contributed by atoms with Crippen molar-refractivity contribution in [1.29, 1.82) is 0 Å². The Bertz CT molecular complexity index is 410. The summed E-state index contributed by atoms with van der Waals surface area (Å²) in [6.45, 7) is 0.744. The average molecular weight is 285 g/mol. The normalized spacial score (nSPS) is 30.1. The van der Waals surface area contributed by atoms with Gasteiger partial charge >= 0.3 is 11.9 Å². The number of carbonyl (C=O) groups is 3. The van der Waals surface area contributed by atoms with E-state index in [2.05, 4.69) is 4.74 Å². The number of methoxy groups -OCH3 is 1. The molecular weight excluding hydrogens is 266 g/mol. The van der Waals surface area contributed by atoms with Crippen LogP contribution in [0.3, 0.4) is 0 Å². The maximum Gasteiger partial charge on any atom is 0.331 e. The van der Waals surface area contributed by atoms with Gasteiger partial charge in [-0.3, -0.25) is 9.59 Å². The highest BCUT2D eigenvalue weighted by Gasteiger charge is 2.43. The fourth-order valence-corrected chi connectivity index (χ4v) is 2.96. The maximum atomic E-state index is 12.5. The predicted octanol–water partition coefficient (Wildman–Crippen LogP) is -0.112. The van der Waals surface area contributed by atoms with E-state index >= 15 is 0 Å². The number of hydrogen-bond acceptors (Lipinski definition) is 5. The van der Waals surface area contributed by atoms with Crippen LogP contribution in [-0.4, -0.2) is 60.8 Å². The summed E-state index contributed by atoms with van der Waals surface area (Å²) in [5.41, 5.74) is 0. The Morgan fingerprint density at radius 1 is 1.25 bits per heavy atom. The number of esters is 1. The van der Waals surface area contributed by atoms with Crippen LogP contribution in [-0.2, 0) is 23.9 Å². The summed E-state index contributed by atoms with van der Waals surface area (Å²) in [6, 6.07) is -0.767. The van der Waals surface area contributed by atoms with Gasteiger partial charge in [0.25, 0.3) is 0 Å². The lowest BCUT2D eigenvalue weighted by atomic mass is 9.94. The Balaban J connectivity index is 2.13. The van der Waals surface area contributed by atoms with E-state index in [-0.39, 0.29) is 12.5 Å². The molecule has 1 N–H and O–H groups in total. The standard InChI is InChI=1S/C13H19NO6/c1-19-13(18)10-7-20-6-5-14(10)11(15)8-3-2-4-9(8)12(16)17/h8-10H,2-7H2,1H3,(H,16,17)/t8-,9+,10?/m1/s1. The highest BCUT2D eigenvalue weighted by atomic mass is 16.5. The third kappa shape index (κ3) is 2.77. The van der Waals surface area contributed by atoms with E-state index in [1.165, 1.54) is 12.0 Å². The molecule has 2 aliphatic rings. The number of morpholine rings is 1. The van der Waals surface area contributed by atoms with E-state index < -0.39 is 29.8 Å². The first-order chi connectivity index (χ1) is 9.56. The molecular formula is C13H19NO6. The van der Waals surface area contributed by atoms with E-state index in [4.69, 9.17) is 9.84 Å². The van der Waals surface area contributed by atoms with Crippen molar-refractivity contribution in [3.8, 4) is 0 Å². The van der Waals surface area contributed by atoms with Gasteiger partial charge in [-0.05, 0) is 12.8 Å². The average Bonchev–Trinajstić information content (AvgIpc) is 2.95. The predicted molar refractivity (Wildman–Crippen MR) is 66.8 cm³/mol. The van der Waals surface area contributed by atoms with Crippen LogP contribution in [0.5, 0.6) is 0 Å². The number of aliphatic carboxylic acids is 1. The summed E-state index contributed by atoms with van der Waals surface area (Å²) in [5.74, 6) is -2.93. The van der Waals surface area contributed by atoms with Gasteiger partial charge in [0.1, 0.15) is 0 Å². The number of amides is 1. The molecule has 2 fully saturated rings. The Hall–Kier alpha value is -1.63. The number of carbonyl (C=O) groups excluding carboxylic acids is 2. The van der Waals surface area contributed by atoms with Gasteiger partial charge in [0.05, 0.1) is 32.2 Å². The molecule has 1 amide bonds. The van der Waals surface area contributed by atoms with E-state index in [1.54, 1.807) is 0 Å². The zero-order valence-corrected chi connectivity index (χ0v) is 11.4. The molecule has 0 bridgehead atoms. The highest BCUT2D eigenvalue weighted by Crippen LogP contribution is 2.34. The van der Waals surface area contributed by atoms with Crippen molar-refractivity contribution in [3.05, 3.63) is 0 Å². The maximum absolute atomic E-state index is 12.5. The van der Waals surface area contributed by atoms with E-state index in [1.807, 2.05) is 0 Å². The van der Waals surface area contributed by atoms with Crippen molar-refractivity contribution in [3.63, 3.8) is 0 Å². The van der Waals surface area contributed by atoms with Gasteiger partial charge in [0.2, 0.25) is 5.91 Å². The summed E-state index contributed by atoms with van der Waals surface area (Å²) in [4.78, 5) is 36.8. The lowest BCUT2D eigenvalue weighted by Gasteiger charge is -2.35. The van der Waals surface area contributed by atoms with Crippen LogP contribution in [0.25, 0.3) is 0 Å². The molecule has 20 heavy (non-hydrogen) atoms. The van der Waals surface area contributed by atoms with Gasteiger partial charge in [-0.25, -0.2) is 4.79 Å². The topological polar surface area (TPSA) is 93.1 Å². The van der Waals surface area contributed by atoms with E-state index in [0.29, 0.717) is 26.0 Å². The molecule has 1 unspecified atom stereocenters. The molecule has 3 atom stereocenters. The summed E-state index contributed by atoms with van der Waals surface area (Å²) in [7, 11) is 1.26. The Labute approximate surface area is 116 Å². The van der Waals surface area contributed by atoms with E-state index in [9.17, 15) is 14.4 Å². The van der Waals surface area contributed by atoms with Gasteiger partial charge in [-0.2, -0.15) is 0 Å². The van der Waals surface area contributed by atoms with Crippen LogP contribution in [0, 0.1) is 11.8 Å². The molecule has 0 aromatic carbocycles. The Morgan fingerprint density at radius 2 is 1.95 bits per heavy atom. The van der Waals surface area contributed by atoms with Crippen molar-refractivity contribution < 1.29 is 29.0 Å². The second-order valence-electron chi connectivity index (χ2n) is 5.13. The van der Waals surface area contributed by atoms with Crippen LogP contribution in [0.4, 0.5) is 0 Å². The molecule has 7 heteroatoms. The summed E-state index contributed by atoms with van der Waals surface area (Å²) in [5, 5.41) is 9.17. The van der Waals surface area contributed by atoms with Gasteiger partial charge < -0.3 is 19.5 Å². The highest BCUT2D eigenvalue weighted by molar-refractivity contribution is 5.89. The van der Waals surface area contributed by atoms with Gasteiger partial charge in [0.15, 0.2) is 6.04 Å². The van der Waals surface area contributed by atoms with Crippen LogP contribution < -0.4 is 0 Å². The number of nitrogens with zero attached hydrogens (tertiary/aromatic N) is 1. The minimum Gasteiger partial charge on any atom is -0.481 e. The molecule has 1 saturated heterocycles. The molecule has 112 valence electrons. The fourth-order valence-electron chi connectivity index (χ4n) is 2.96. The summed E-state index contributed by atoms with van der Waals surface area (Å²) >= 11 is 0. The third-order valence-electron chi connectivity index (χ3n) is 4.04. The lowest BCUT2D eigenvalue weighted by Crippen LogP contribution is -2.55. The van der Waals surface area contributed by atoms with Gasteiger partial charge in [0, 0.05) is 6.54 Å². The van der Waals surface area contributed by atoms with Crippen molar-refractivity contribution >= 4 is 17.8 Å². The lowest BCUT2D eigenvalue weighted by molar-refractivity contribution is -0.164. The van der Waals surface area contributed by atoms with Crippen LogP contribution >= 0.6 is 0 Å². The first kappa shape index (κ1) is 14.8. The SMILES string of the molecule is COC(=O)C1COCCN1C(=O)[C@@H]1CCC[C@@H]1C(=O)O. The molecule has 0 radical (unpaired) electrons. The largest absolute Gasteiger partial charge is 0.481 e. The van der Waals surface area contributed by atoms with Crippen molar-refractivity contribution in [2.24, 2.45) is 11.8 Å². The molecule has 7 nitrogen and oxygen atoms in total. The number of carboxylic acids is 1. The number of rotatable bonds is 3. The minimum absolute atomic E-state index is 0.100. The zero-order valence-electron chi connectivity index (χ0n) is 11.4.